The number of halogens is 6. The molecule has 1 atom stereocenters. The van der Waals surface area contributed by atoms with Gasteiger partial charge in [-0.2, -0.15) is 26.3 Å². The van der Waals surface area contributed by atoms with Gasteiger partial charge < -0.3 is 10.4 Å². The van der Waals surface area contributed by atoms with Crippen LogP contribution < -0.4 is 5.32 Å². The molecule has 2 N–H and O–H groups in total. The first-order valence-corrected chi connectivity index (χ1v) is 7.14. The van der Waals surface area contributed by atoms with Gasteiger partial charge in [0.1, 0.15) is 0 Å². The van der Waals surface area contributed by atoms with E-state index in [4.69, 9.17) is 5.11 Å². The molecule has 0 aromatic carbocycles. The van der Waals surface area contributed by atoms with Crippen molar-refractivity contribution in [1.29, 1.82) is 0 Å². The number of carboxylic acid groups (broad SMARTS) is 1. The van der Waals surface area contributed by atoms with Gasteiger partial charge in [-0.3, -0.25) is 9.59 Å². The van der Waals surface area contributed by atoms with E-state index in [0.29, 0.717) is 0 Å². The van der Waals surface area contributed by atoms with Crippen molar-refractivity contribution in [2.24, 2.45) is 5.92 Å². The Morgan fingerprint density at radius 3 is 1.67 bits per heavy atom. The Balaban J connectivity index is 0. The van der Waals surface area contributed by atoms with Crippen LogP contribution in [0.2, 0.25) is 0 Å². The van der Waals surface area contributed by atoms with Crippen LogP contribution in [-0.2, 0) is 9.59 Å². The Morgan fingerprint density at radius 2 is 1.42 bits per heavy atom. The third-order valence-electron chi connectivity index (χ3n) is 2.47. The smallest absolute Gasteiger partial charge is 0.389 e. The Hall–Kier alpha value is -1.48. The lowest BCUT2D eigenvalue weighted by molar-refractivity contribution is -0.151. The van der Waals surface area contributed by atoms with Crippen LogP contribution >= 0.6 is 0 Å². The van der Waals surface area contributed by atoms with Crippen LogP contribution in [0.25, 0.3) is 0 Å². The van der Waals surface area contributed by atoms with E-state index in [-0.39, 0.29) is 0 Å². The van der Waals surface area contributed by atoms with Crippen molar-refractivity contribution < 1.29 is 41.0 Å². The predicted molar refractivity (Wildman–Crippen MR) is 75.3 cm³/mol. The second-order valence-electron chi connectivity index (χ2n) is 6.16. The highest BCUT2D eigenvalue weighted by Crippen LogP contribution is 2.25. The Kier molecular flexibility index (Phi) is 10.0. The third-order valence-corrected chi connectivity index (χ3v) is 2.47. The summed E-state index contributed by atoms with van der Waals surface area (Å²) < 4.78 is 68.3. The molecule has 24 heavy (non-hydrogen) atoms. The van der Waals surface area contributed by atoms with Gasteiger partial charge in [0.25, 0.3) is 0 Å². The first kappa shape index (κ1) is 24.8. The summed E-state index contributed by atoms with van der Waals surface area (Å²) in [6, 6.07) is 0. The zero-order chi connectivity index (χ0) is 19.8. The molecule has 0 aliphatic heterocycles. The molecule has 0 aromatic heterocycles. The van der Waals surface area contributed by atoms with Crippen molar-refractivity contribution in [2.45, 2.75) is 71.3 Å². The fourth-order valence-electron chi connectivity index (χ4n) is 1.34. The van der Waals surface area contributed by atoms with E-state index in [1.165, 1.54) is 0 Å². The summed E-state index contributed by atoms with van der Waals surface area (Å²) in [7, 11) is 0. The maximum Gasteiger partial charge on any atom is 0.389 e. The molecule has 1 amide bonds. The highest BCUT2D eigenvalue weighted by molar-refractivity contribution is 5.82. The van der Waals surface area contributed by atoms with E-state index in [1.807, 2.05) is 0 Å². The molecule has 0 aliphatic rings. The number of alkyl halides is 6. The maximum atomic E-state index is 12.0. The van der Waals surface area contributed by atoms with Crippen molar-refractivity contribution in [1.82, 2.24) is 5.32 Å². The summed E-state index contributed by atoms with van der Waals surface area (Å²) in [4.78, 5) is 22.2. The highest BCUT2D eigenvalue weighted by atomic mass is 19.4. The lowest BCUT2D eigenvalue weighted by Gasteiger charge is -2.22. The number of carboxylic acids is 1. The lowest BCUT2D eigenvalue weighted by atomic mass is 9.98. The molecule has 0 fully saturated rings. The van der Waals surface area contributed by atoms with Gasteiger partial charge >= 0.3 is 18.3 Å². The van der Waals surface area contributed by atoms with Gasteiger partial charge in [0.15, 0.2) is 0 Å². The number of hydrogen-bond acceptors (Lipinski definition) is 2. The molecule has 0 rings (SSSR count). The Morgan fingerprint density at radius 1 is 1.00 bits per heavy atom. The van der Waals surface area contributed by atoms with Gasteiger partial charge in [0.05, 0.1) is 5.92 Å². The minimum atomic E-state index is -4.41. The van der Waals surface area contributed by atoms with E-state index in [9.17, 15) is 35.9 Å². The largest absolute Gasteiger partial charge is 0.481 e. The number of carbonyl (C=O) groups excluding carboxylic acids is 1. The minimum absolute atomic E-state index is 0.442. The standard InChI is InChI=1S/C11H18F3NO3.C3H5F3/c1-10(2,3)15-8(16)6-7(9(17)18)4-5-11(12,13)14;1-2-3(4,5)6/h7H,4-6H2,1-3H3,(H,15,16)(H,17,18);2H2,1H3. The van der Waals surface area contributed by atoms with Crippen LogP contribution in [0.3, 0.4) is 0 Å². The normalized spacial score (nSPS) is 13.6. The van der Waals surface area contributed by atoms with E-state index in [0.717, 1.165) is 6.92 Å². The average molecular weight is 367 g/mol. The highest BCUT2D eigenvalue weighted by Gasteiger charge is 2.31. The van der Waals surface area contributed by atoms with Crippen molar-refractivity contribution >= 4 is 11.9 Å². The molecule has 10 heteroatoms. The van der Waals surface area contributed by atoms with Crippen LogP contribution in [0.5, 0.6) is 0 Å². The molecule has 0 saturated carbocycles. The van der Waals surface area contributed by atoms with Crippen molar-refractivity contribution in [2.75, 3.05) is 0 Å². The van der Waals surface area contributed by atoms with Gasteiger partial charge in [-0.05, 0) is 27.2 Å². The number of aliphatic carboxylic acids is 1. The molecule has 0 spiro atoms. The van der Waals surface area contributed by atoms with Crippen molar-refractivity contribution in [3.05, 3.63) is 0 Å². The second kappa shape index (κ2) is 9.73. The SMILES string of the molecule is CC(C)(C)NC(=O)CC(CCC(F)(F)F)C(=O)O.CCC(F)(F)F. The van der Waals surface area contributed by atoms with Crippen molar-refractivity contribution in [3.63, 3.8) is 0 Å². The second-order valence-corrected chi connectivity index (χ2v) is 6.16. The van der Waals surface area contributed by atoms with Crippen molar-refractivity contribution in [3.8, 4) is 0 Å². The number of nitrogens with one attached hydrogen (secondary N) is 1. The van der Waals surface area contributed by atoms with Gasteiger partial charge in [0, 0.05) is 24.8 Å². The van der Waals surface area contributed by atoms with E-state index < -0.39 is 61.4 Å². The summed E-state index contributed by atoms with van der Waals surface area (Å²) in [6.07, 6.45) is -11.3. The molecule has 0 aromatic rings. The first-order chi connectivity index (χ1) is 10.5. The molecule has 0 bridgehead atoms. The Bertz CT molecular complexity index is 399. The maximum absolute atomic E-state index is 12.0. The fraction of sp³-hybridized carbons (Fsp3) is 0.857. The first-order valence-electron chi connectivity index (χ1n) is 7.14. The number of rotatable bonds is 5. The fourth-order valence-corrected chi connectivity index (χ4v) is 1.34. The molecule has 0 saturated heterocycles. The predicted octanol–water partition coefficient (Wildman–Crippen LogP) is 4.29. The van der Waals surface area contributed by atoms with Gasteiger partial charge in [0.2, 0.25) is 5.91 Å². The van der Waals surface area contributed by atoms with Gasteiger partial charge in [-0.25, -0.2) is 0 Å². The monoisotopic (exact) mass is 367 g/mol. The zero-order valence-corrected chi connectivity index (χ0v) is 13.9. The van der Waals surface area contributed by atoms with Gasteiger partial charge in [-0.15, -0.1) is 0 Å². The lowest BCUT2D eigenvalue weighted by Crippen LogP contribution is -2.42. The van der Waals surface area contributed by atoms with Crippen LogP contribution in [0, 0.1) is 5.92 Å². The summed E-state index contributed by atoms with van der Waals surface area (Å²) in [5.41, 5.74) is -0.538. The number of hydrogen-bond donors (Lipinski definition) is 2. The molecule has 144 valence electrons. The zero-order valence-electron chi connectivity index (χ0n) is 13.9. The molecule has 0 aliphatic carbocycles. The number of carbonyl (C=O) groups is 2. The molecule has 1 unspecified atom stereocenters. The van der Waals surface area contributed by atoms with Crippen LogP contribution in [0.15, 0.2) is 0 Å². The molecule has 0 radical (unpaired) electrons. The average Bonchev–Trinajstić information content (AvgIpc) is 2.30. The van der Waals surface area contributed by atoms with Crippen LogP contribution in [-0.4, -0.2) is 34.9 Å². The summed E-state index contributed by atoms with van der Waals surface area (Å²) in [5.74, 6) is -3.26. The Labute approximate surface area is 136 Å². The summed E-state index contributed by atoms with van der Waals surface area (Å²) in [6.45, 7) is 6.20. The topological polar surface area (TPSA) is 66.4 Å². The van der Waals surface area contributed by atoms with E-state index >= 15 is 0 Å². The summed E-state index contributed by atoms with van der Waals surface area (Å²) >= 11 is 0. The van der Waals surface area contributed by atoms with E-state index in [1.54, 1.807) is 20.8 Å². The quantitative estimate of drug-likeness (QED) is 0.713. The van der Waals surface area contributed by atoms with Crippen LogP contribution in [0.1, 0.15) is 53.4 Å². The third kappa shape index (κ3) is 18.6. The van der Waals surface area contributed by atoms with Gasteiger partial charge in [-0.1, -0.05) is 6.92 Å². The molecule has 0 heterocycles. The van der Waals surface area contributed by atoms with E-state index in [2.05, 4.69) is 5.32 Å². The molecular formula is C14H23F6NO3. The summed E-state index contributed by atoms with van der Waals surface area (Å²) in [5, 5.41) is 11.3. The minimum Gasteiger partial charge on any atom is -0.481 e. The molecule has 4 nitrogen and oxygen atoms in total. The van der Waals surface area contributed by atoms with Crippen LogP contribution in [0.4, 0.5) is 26.3 Å². The molecular weight excluding hydrogens is 344 g/mol. The number of amides is 1.